The molecule has 0 aromatic rings. The molecule has 0 saturated heterocycles. The third-order valence-corrected chi connectivity index (χ3v) is 2.25. The Hall–Kier alpha value is -0.520. The quantitative estimate of drug-likeness (QED) is 0.525. The van der Waals surface area contributed by atoms with Crippen molar-refractivity contribution in [1.29, 1.82) is 0 Å². The zero-order valence-corrected chi connectivity index (χ0v) is 9.64. The maximum Gasteiger partial charge on any atom is -0.0262 e. The van der Waals surface area contributed by atoms with Crippen molar-refractivity contribution in [3.8, 4) is 0 Å². The minimum Gasteiger partial charge on any atom is -0.103 e. The van der Waals surface area contributed by atoms with Gasteiger partial charge in [0, 0.05) is 0 Å². The molecule has 0 bridgehead atoms. The maximum atomic E-state index is 3.79. The fourth-order valence-electron chi connectivity index (χ4n) is 1.44. The average Bonchev–Trinajstić information content (AvgIpc) is 2.02. The Balaban J connectivity index is 3.64. The van der Waals surface area contributed by atoms with E-state index < -0.39 is 0 Å². The highest BCUT2D eigenvalue weighted by atomic mass is 14.0. The molecule has 0 aromatic heterocycles. The molecule has 0 amide bonds. The lowest BCUT2D eigenvalue weighted by molar-refractivity contribution is 0.629. The fourth-order valence-corrected chi connectivity index (χ4v) is 1.44. The van der Waals surface area contributed by atoms with Gasteiger partial charge in [-0.2, -0.15) is 0 Å². The molecule has 1 unspecified atom stereocenters. The molecular weight excluding hydrogens is 156 g/mol. The molecule has 0 radical (unpaired) electrons. The van der Waals surface area contributed by atoms with Crippen molar-refractivity contribution in [2.45, 2.75) is 47.0 Å². The second kappa shape index (κ2) is 6.94. The van der Waals surface area contributed by atoms with Crippen molar-refractivity contribution in [3.05, 3.63) is 24.3 Å². The third kappa shape index (κ3) is 7.83. The zero-order chi connectivity index (χ0) is 10.3. The van der Waals surface area contributed by atoms with E-state index in [1.165, 1.54) is 24.8 Å². The molecule has 0 aliphatic heterocycles. The topological polar surface area (TPSA) is 0 Å². The van der Waals surface area contributed by atoms with Crippen LogP contribution in [-0.4, -0.2) is 0 Å². The van der Waals surface area contributed by atoms with E-state index in [0.29, 0.717) is 5.92 Å². The summed E-state index contributed by atoms with van der Waals surface area (Å²) in [4.78, 5) is 0. The van der Waals surface area contributed by atoms with Crippen LogP contribution in [-0.2, 0) is 0 Å². The van der Waals surface area contributed by atoms with Gasteiger partial charge in [-0.1, -0.05) is 38.5 Å². The van der Waals surface area contributed by atoms with Gasteiger partial charge in [0.25, 0.3) is 0 Å². The fraction of sp³-hybridized carbons (Fsp3) is 0.692. The lowest BCUT2D eigenvalue weighted by Crippen LogP contribution is -1.90. The highest BCUT2D eigenvalue weighted by Gasteiger charge is 1.96. The van der Waals surface area contributed by atoms with E-state index >= 15 is 0 Å². The SMILES string of the molecule is C=CC(C)CC/C=C(\C)CC(C)C. The predicted molar refractivity (Wildman–Crippen MR) is 61.8 cm³/mol. The summed E-state index contributed by atoms with van der Waals surface area (Å²) in [5.74, 6) is 1.44. The molecule has 13 heavy (non-hydrogen) atoms. The monoisotopic (exact) mass is 180 g/mol. The summed E-state index contributed by atoms with van der Waals surface area (Å²) >= 11 is 0. The van der Waals surface area contributed by atoms with Gasteiger partial charge in [0.1, 0.15) is 0 Å². The van der Waals surface area contributed by atoms with Gasteiger partial charge in [0.2, 0.25) is 0 Å². The molecule has 0 fully saturated rings. The second-order valence-electron chi connectivity index (χ2n) is 4.44. The van der Waals surface area contributed by atoms with Crippen LogP contribution in [0.4, 0.5) is 0 Å². The first-order valence-electron chi connectivity index (χ1n) is 5.34. The molecule has 0 nitrogen and oxygen atoms in total. The Morgan fingerprint density at radius 1 is 1.31 bits per heavy atom. The van der Waals surface area contributed by atoms with Gasteiger partial charge in [-0.3, -0.25) is 0 Å². The summed E-state index contributed by atoms with van der Waals surface area (Å²) in [6, 6.07) is 0. The second-order valence-corrected chi connectivity index (χ2v) is 4.44. The van der Waals surface area contributed by atoms with E-state index in [4.69, 9.17) is 0 Å². The van der Waals surface area contributed by atoms with Crippen LogP contribution in [0.3, 0.4) is 0 Å². The summed E-state index contributed by atoms with van der Waals surface area (Å²) in [7, 11) is 0. The van der Waals surface area contributed by atoms with Crippen LogP contribution in [0.2, 0.25) is 0 Å². The summed E-state index contributed by atoms with van der Waals surface area (Å²) < 4.78 is 0. The highest BCUT2D eigenvalue weighted by molar-refractivity contribution is 4.98. The Morgan fingerprint density at radius 3 is 2.38 bits per heavy atom. The first-order chi connectivity index (χ1) is 6.06. The molecule has 0 aliphatic rings. The minimum absolute atomic E-state index is 0.656. The predicted octanol–water partition coefficient (Wildman–Crippen LogP) is 4.58. The van der Waals surface area contributed by atoms with Crippen LogP contribution < -0.4 is 0 Å². The molecule has 0 heterocycles. The van der Waals surface area contributed by atoms with Gasteiger partial charge in [-0.15, -0.1) is 6.58 Å². The van der Waals surface area contributed by atoms with Gasteiger partial charge >= 0.3 is 0 Å². The normalized spacial score (nSPS) is 14.7. The third-order valence-electron chi connectivity index (χ3n) is 2.25. The van der Waals surface area contributed by atoms with Crippen LogP contribution in [0.25, 0.3) is 0 Å². The molecule has 0 aliphatic carbocycles. The van der Waals surface area contributed by atoms with Crippen LogP contribution >= 0.6 is 0 Å². The lowest BCUT2D eigenvalue weighted by atomic mass is 10.0. The number of rotatable bonds is 6. The zero-order valence-electron chi connectivity index (χ0n) is 9.64. The Morgan fingerprint density at radius 2 is 1.92 bits per heavy atom. The molecule has 76 valence electrons. The number of hydrogen-bond acceptors (Lipinski definition) is 0. The molecule has 0 spiro atoms. The summed E-state index contributed by atoms with van der Waals surface area (Å²) in [6.07, 6.45) is 8.08. The Kier molecular flexibility index (Phi) is 6.66. The molecule has 0 heteroatoms. The van der Waals surface area contributed by atoms with E-state index in [0.717, 1.165) is 5.92 Å². The first-order valence-corrected chi connectivity index (χ1v) is 5.34. The van der Waals surface area contributed by atoms with Crippen molar-refractivity contribution >= 4 is 0 Å². The van der Waals surface area contributed by atoms with Gasteiger partial charge < -0.3 is 0 Å². The van der Waals surface area contributed by atoms with E-state index in [1.54, 1.807) is 0 Å². The molecule has 1 atom stereocenters. The van der Waals surface area contributed by atoms with Gasteiger partial charge in [0.15, 0.2) is 0 Å². The van der Waals surface area contributed by atoms with E-state index in [9.17, 15) is 0 Å². The average molecular weight is 180 g/mol. The summed E-state index contributed by atoms with van der Waals surface area (Å²) in [6.45, 7) is 12.8. The molecular formula is C13H24. The van der Waals surface area contributed by atoms with Crippen molar-refractivity contribution in [1.82, 2.24) is 0 Å². The number of hydrogen-bond donors (Lipinski definition) is 0. The minimum atomic E-state index is 0.656. The lowest BCUT2D eigenvalue weighted by Gasteiger charge is -2.06. The van der Waals surface area contributed by atoms with Crippen molar-refractivity contribution in [2.75, 3.05) is 0 Å². The highest BCUT2D eigenvalue weighted by Crippen LogP contribution is 2.13. The molecule has 0 aromatic carbocycles. The largest absolute Gasteiger partial charge is 0.103 e. The van der Waals surface area contributed by atoms with E-state index in [1.807, 2.05) is 6.08 Å². The van der Waals surface area contributed by atoms with Crippen molar-refractivity contribution < 1.29 is 0 Å². The van der Waals surface area contributed by atoms with Gasteiger partial charge in [-0.25, -0.2) is 0 Å². The van der Waals surface area contributed by atoms with Crippen LogP contribution in [0.5, 0.6) is 0 Å². The van der Waals surface area contributed by atoms with E-state index in [2.05, 4.69) is 40.3 Å². The Labute approximate surface area is 83.7 Å². The first kappa shape index (κ1) is 12.5. The number of allylic oxidation sites excluding steroid dienone is 3. The van der Waals surface area contributed by atoms with Crippen LogP contribution in [0, 0.1) is 11.8 Å². The summed E-state index contributed by atoms with van der Waals surface area (Å²) in [5.41, 5.74) is 1.53. The van der Waals surface area contributed by atoms with Crippen LogP contribution in [0.15, 0.2) is 24.3 Å². The smallest absolute Gasteiger partial charge is 0.0262 e. The van der Waals surface area contributed by atoms with E-state index in [-0.39, 0.29) is 0 Å². The molecule has 0 saturated carbocycles. The van der Waals surface area contributed by atoms with Gasteiger partial charge in [0.05, 0.1) is 0 Å². The standard InChI is InChI=1S/C13H24/c1-6-12(4)8-7-9-13(5)10-11(2)3/h6,9,11-12H,1,7-8,10H2,2-5H3/b13-9+. The van der Waals surface area contributed by atoms with Gasteiger partial charge in [-0.05, 0) is 38.0 Å². The molecule has 0 N–H and O–H groups in total. The molecule has 0 rings (SSSR count). The maximum absolute atomic E-state index is 3.79. The van der Waals surface area contributed by atoms with Crippen molar-refractivity contribution in [3.63, 3.8) is 0 Å². The summed E-state index contributed by atoms with van der Waals surface area (Å²) in [5, 5.41) is 0. The van der Waals surface area contributed by atoms with Crippen molar-refractivity contribution in [2.24, 2.45) is 11.8 Å². The Bertz CT molecular complexity index is 163. The van der Waals surface area contributed by atoms with Crippen LogP contribution in [0.1, 0.15) is 47.0 Å².